The van der Waals surface area contributed by atoms with Crippen molar-refractivity contribution in [3.63, 3.8) is 0 Å². The van der Waals surface area contributed by atoms with E-state index in [0.717, 1.165) is 6.42 Å². The van der Waals surface area contributed by atoms with Crippen LogP contribution >= 0.6 is 0 Å². The minimum Gasteiger partial charge on any atom is -0.478 e. The SMILES string of the molecule is CC(CCCO)n1cnc2cccc(C(=O)O)c21. The number of para-hydroxylation sites is 1. The van der Waals surface area contributed by atoms with Crippen molar-refractivity contribution in [2.75, 3.05) is 6.61 Å². The molecule has 1 unspecified atom stereocenters. The predicted octanol–water partition coefficient (Wildman–Crippen LogP) is 2.07. The quantitative estimate of drug-likeness (QED) is 0.849. The van der Waals surface area contributed by atoms with Gasteiger partial charge in [-0.05, 0) is 31.9 Å². The summed E-state index contributed by atoms with van der Waals surface area (Å²) in [4.78, 5) is 15.4. The average Bonchev–Trinajstić information content (AvgIpc) is 2.79. The molecule has 96 valence electrons. The van der Waals surface area contributed by atoms with Crippen LogP contribution in [-0.2, 0) is 0 Å². The van der Waals surface area contributed by atoms with Crippen LogP contribution in [0.15, 0.2) is 24.5 Å². The van der Waals surface area contributed by atoms with Crippen LogP contribution in [0, 0.1) is 0 Å². The molecule has 0 amide bonds. The molecule has 0 saturated carbocycles. The fraction of sp³-hybridized carbons (Fsp3) is 0.385. The Morgan fingerprint density at radius 3 is 2.94 bits per heavy atom. The molecular formula is C13H16N2O3. The standard InChI is InChI=1S/C13H16N2O3/c1-9(4-3-7-16)15-8-14-11-6-2-5-10(12(11)15)13(17)18/h2,5-6,8-9,16H,3-4,7H2,1H3,(H,17,18). The fourth-order valence-electron chi connectivity index (χ4n) is 2.12. The molecule has 0 aliphatic carbocycles. The molecule has 1 atom stereocenters. The van der Waals surface area contributed by atoms with Gasteiger partial charge in [-0.25, -0.2) is 9.78 Å². The molecule has 1 heterocycles. The maximum atomic E-state index is 11.2. The number of carboxylic acid groups (broad SMARTS) is 1. The van der Waals surface area contributed by atoms with Gasteiger partial charge in [0.1, 0.15) is 0 Å². The summed E-state index contributed by atoms with van der Waals surface area (Å²) in [5.74, 6) is -0.947. The molecule has 0 aliphatic heterocycles. The molecule has 1 aromatic heterocycles. The van der Waals surface area contributed by atoms with Crippen molar-refractivity contribution in [2.24, 2.45) is 0 Å². The van der Waals surface area contributed by atoms with Gasteiger partial charge in [-0.1, -0.05) is 6.07 Å². The molecule has 5 nitrogen and oxygen atoms in total. The van der Waals surface area contributed by atoms with Gasteiger partial charge in [0.25, 0.3) is 0 Å². The van der Waals surface area contributed by atoms with E-state index in [0.29, 0.717) is 17.5 Å². The Kier molecular flexibility index (Phi) is 3.62. The number of benzene rings is 1. The van der Waals surface area contributed by atoms with Crippen molar-refractivity contribution in [3.8, 4) is 0 Å². The van der Waals surface area contributed by atoms with Gasteiger partial charge in [-0.2, -0.15) is 0 Å². The van der Waals surface area contributed by atoms with Gasteiger partial charge < -0.3 is 14.8 Å². The molecule has 5 heteroatoms. The summed E-state index contributed by atoms with van der Waals surface area (Å²) in [6, 6.07) is 5.20. The number of aliphatic hydroxyl groups excluding tert-OH is 1. The Balaban J connectivity index is 2.48. The van der Waals surface area contributed by atoms with Crippen LogP contribution in [0.25, 0.3) is 11.0 Å². The van der Waals surface area contributed by atoms with E-state index in [4.69, 9.17) is 5.11 Å². The minimum atomic E-state index is -0.947. The number of carboxylic acids is 1. The molecular weight excluding hydrogens is 232 g/mol. The van der Waals surface area contributed by atoms with Gasteiger partial charge in [0.05, 0.1) is 22.9 Å². The highest BCUT2D eigenvalue weighted by Crippen LogP contribution is 2.23. The van der Waals surface area contributed by atoms with Crippen LogP contribution in [0.3, 0.4) is 0 Å². The summed E-state index contributed by atoms with van der Waals surface area (Å²) >= 11 is 0. The lowest BCUT2D eigenvalue weighted by Crippen LogP contribution is -2.08. The molecule has 0 radical (unpaired) electrons. The summed E-state index contributed by atoms with van der Waals surface area (Å²) in [6.45, 7) is 2.14. The predicted molar refractivity (Wildman–Crippen MR) is 67.7 cm³/mol. The highest BCUT2D eigenvalue weighted by molar-refractivity contribution is 6.01. The van der Waals surface area contributed by atoms with E-state index < -0.39 is 5.97 Å². The van der Waals surface area contributed by atoms with Crippen molar-refractivity contribution >= 4 is 17.0 Å². The third-order valence-electron chi connectivity index (χ3n) is 3.08. The molecule has 0 aliphatic rings. The number of imidazole rings is 1. The van der Waals surface area contributed by atoms with Gasteiger partial charge >= 0.3 is 5.97 Å². The van der Waals surface area contributed by atoms with Crippen LogP contribution in [0.2, 0.25) is 0 Å². The normalized spacial score (nSPS) is 12.8. The molecule has 2 rings (SSSR count). The first-order valence-electron chi connectivity index (χ1n) is 5.95. The first kappa shape index (κ1) is 12.6. The smallest absolute Gasteiger partial charge is 0.337 e. The van der Waals surface area contributed by atoms with Gasteiger partial charge in [0, 0.05) is 12.6 Å². The molecule has 2 N–H and O–H groups in total. The summed E-state index contributed by atoms with van der Waals surface area (Å²) < 4.78 is 1.87. The summed E-state index contributed by atoms with van der Waals surface area (Å²) in [6.07, 6.45) is 3.14. The number of hydrogen-bond donors (Lipinski definition) is 2. The van der Waals surface area contributed by atoms with Crippen molar-refractivity contribution in [3.05, 3.63) is 30.1 Å². The van der Waals surface area contributed by atoms with E-state index in [1.807, 2.05) is 11.5 Å². The van der Waals surface area contributed by atoms with Crippen LogP contribution in [-0.4, -0.2) is 32.3 Å². The largest absolute Gasteiger partial charge is 0.478 e. The second kappa shape index (κ2) is 5.18. The summed E-state index contributed by atoms with van der Waals surface area (Å²) in [5.41, 5.74) is 1.60. The van der Waals surface area contributed by atoms with E-state index in [9.17, 15) is 9.90 Å². The molecule has 0 saturated heterocycles. The lowest BCUT2D eigenvalue weighted by molar-refractivity contribution is 0.0698. The fourth-order valence-corrected chi connectivity index (χ4v) is 2.12. The van der Waals surface area contributed by atoms with E-state index in [2.05, 4.69) is 4.98 Å². The zero-order valence-electron chi connectivity index (χ0n) is 10.2. The monoisotopic (exact) mass is 248 g/mol. The van der Waals surface area contributed by atoms with Crippen molar-refractivity contribution in [1.29, 1.82) is 0 Å². The number of aromatic carboxylic acids is 1. The molecule has 0 spiro atoms. The van der Waals surface area contributed by atoms with Crippen LogP contribution in [0.1, 0.15) is 36.2 Å². The van der Waals surface area contributed by atoms with Gasteiger partial charge in [-0.15, -0.1) is 0 Å². The van der Waals surface area contributed by atoms with Crippen LogP contribution < -0.4 is 0 Å². The minimum absolute atomic E-state index is 0.114. The van der Waals surface area contributed by atoms with Crippen molar-refractivity contribution in [2.45, 2.75) is 25.8 Å². The molecule has 2 aromatic rings. The van der Waals surface area contributed by atoms with E-state index >= 15 is 0 Å². The van der Waals surface area contributed by atoms with Crippen molar-refractivity contribution < 1.29 is 15.0 Å². The van der Waals surface area contributed by atoms with Gasteiger partial charge in [0.15, 0.2) is 0 Å². The van der Waals surface area contributed by atoms with E-state index in [1.165, 1.54) is 0 Å². The zero-order valence-corrected chi connectivity index (χ0v) is 10.2. The summed E-state index contributed by atoms with van der Waals surface area (Å²) in [7, 11) is 0. The van der Waals surface area contributed by atoms with E-state index in [1.54, 1.807) is 24.5 Å². The Morgan fingerprint density at radius 2 is 2.28 bits per heavy atom. The third-order valence-corrected chi connectivity index (χ3v) is 3.08. The number of rotatable bonds is 5. The van der Waals surface area contributed by atoms with Crippen LogP contribution in [0.5, 0.6) is 0 Å². The molecule has 0 bridgehead atoms. The van der Waals surface area contributed by atoms with Gasteiger partial charge in [0.2, 0.25) is 0 Å². The Labute approximate surface area is 105 Å². The number of fused-ring (bicyclic) bond motifs is 1. The second-order valence-electron chi connectivity index (χ2n) is 4.35. The first-order chi connectivity index (χ1) is 8.65. The number of aromatic nitrogens is 2. The molecule has 1 aromatic carbocycles. The number of carbonyl (C=O) groups is 1. The number of hydrogen-bond acceptors (Lipinski definition) is 3. The Hall–Kier alpha value is -1.88. The lowest BCUT2D eigenvalue weighted by atomic mass is 10.1. The zero-order chi connectivity index (χ0) is 13.1. The molecule has 0 fully saturated rings. The Morgan fingerprint density at radius 1 is 1.50 bits per heavy atom. The van der Waals surface area contributed by atoms with E-state index in [-0.39, 0.29) is 18.2 Å². The maximum absolute atomic E-state index is 11.2. The number of nitrogens with zero attached hydrogens (tertiary/aromatic N) is 2. The van der Waals surface area contributed by atoms with Crippen molar-refractivity contribution in [1.82, 2.24) is 9.55 Å². The lowest BCUT2D eigenvalue weighted by Gasteiger charge is -2.14. The summed E-state index contributed by atoms with van der Waals surface area (Å²) in [5, 5.41) is 18.1. The molecule has 18 heavy (non-hydrogen) atoms. The number of aliphatic hydroxyl groups is 1. The van der Waals surface area contributed by atoms with Gasteiger partial charge in [-0.3, -0.25) is 0 Å². The Bertz CT molecular complexity index is 562. The topological polar surface area (TPSA) is 75.3 Å². The highest BCUT2D eigenvalue weighted by atomic mass is 16.4. The highest BCUT2D eigenvalue weighted by Gasteiger charge is 2.16. The van der Waals surface area contributed by atoms with Crippen LogP contribution in [0.4, 0.5) is 0 Å². The average molecular weight is 248 g/mol. The maximum Gasteiger partial charge on any atom is 0.337 e. The third kappa shape index (κ3) is 2.22. The second-order valence-corrected chi connectivity index (χ2v) is 4.35. The first-order valence-corrected chi connectivity index (χ1v) is 5.95.